The molecule has 29 heavy (non-hydrogen) atoms. The average Bonchev–Trinajstić information content (AvgIpc) is 2.73. The van der Waals surface area contributed by atoms with E-state index in [1.165, 1.54) is 6.42 Å². The van der Waals surface area contributed by atoms with E-state index in [-0.39, 0.29) is 6.61 Å². The Labute approximate surface area is 177 Å². The standard InChI is InChI=1S/C23H38N4O2/c1-7-16-29-22-17-20(13-14-21(22)28-6)18-25-23(24-8-2)26-19(5)12-11-15-27(9-3)10-4/h1,13-14,17,19H,8-12,15-16,18H2,2-6H3,(H2,24,25,26). The molecular weight excluding hydrogens is 364 g/mol. The molecule has 2 N–H and O–H groups in total. The molecule has 0 aliphatic rings. The number of rotatable bonds is 13. The Morgan fingerprint density at radius 2 is 2.00 bits per heavy atom. The maximum Gasteiger partial charge on any atom is 0.191 e. The van der Waals surface area contributed by atoms with Crippen LogP contribution in [-0.4, -0.2) is 56.8 Å². The molecule has 1 aromatic carbocycles. The zero-order chi connectivity index (χ0) is 21.5. The molecule has 0 saturated heterocycles. The number of ether oxygens (including phenoxy) is 2. The summed E-state index contributed by atoms with van der Waals surface area (Å²) < 4.78 is 10.9. The second-order valence-corrected chi connectivity index (χ2v) is 6.89. The number of terminal acetylenes is 1. The minimum Gasteiger partial charge on any atom is -0.493 e. The van der Waals surface area contributed by atoms with Crippen molar-refractivity contribution < 1.29 is 9.47 Å². The molecule has 0 aliphatic carbocycles. The first-order valence-corrected chi connectivity index (χ1v) is 10.6. The van der Waals surface area contributed by atoms with E-state index in [1.807, 2.05) is 18.2 Å². The van der Waals surface area contributed by atoms with Crippen molar-refractivity contribution in [1.82, 2.24) is 15.5 Å². The molecule has 0 radical (unpaired) electrons. The third kappa shape index (κ3) is 9.58. The van der Waals surface area contributed by atoms with Crippen LogP contribution in [-0.2, 0) is 6.54 Å². The Morgan fingerprint density at radius 3 is 2.62 bits per heavy atom. The fraction of sp³-hybridized carbons (Fsp3) is 0.609. The van der Waals surface area contributed by atoms with Crippen molar-refractivity contribution in [3.8, 4) is 23.8 Å². The van der Waals surface area contributed by atoms with Crippen molar-refractivity contribution in [3.05, 3.63) is 23.8 Å². The maximum atomic E-state index is 5.57. The van der Waals surface area contributed by atoms with E-state index < -0.39 is 0 Å². The van der Waals surface area contributed by atoms with Gasteiger partial charge in [0.1, 0.15) is 6.61 Å². The molecule has 0 heterocycles. The van der Waals surface area contributed by atoms with Crippen LogP contribution >= 0.6 is 0 Å². The molecule has 1 unspecified atom stereocenters. The quantitative estimate of drug-likeness (QED) is 0.301. The van der Waals surface area contributed by atoms with Gasteiger partial charge >= 0.3 is 0 Å². The highest BCUT2D eigenvalue weighted by atomic mass is 16.5. The van der Waals surface area contributed by atoms with Gasteiger partial charge in [-0.1, -0.05) is 25.8 Å². The van der Waals surface area contributed by atoms with Gasteiger partial charge in [-0.25, -0.2) is 4.99 Å². The molecular formula is C23H38N4O2. The lowest BCUT2D eigenvalue weighted by Gasteiger charge is -2.21. The number of hydrogen-bond acceptors (Lipinski definition) is 4. The van der Waals surface area contributed by atoms with Crippen LogP contribution in [0.3, 0.4) is 0 Å². The first-order valence-electron chi connectivity index (χ1n) is 10.6. The number of methoxy groups -OCH3 is 1. The Balaban J connectivity index is 2.68. The zero-order valence-electron chi connectivity index (χ0n) is 18.8. The summed E-state index contributed by atoms with van der Waals surface area (Å²) in [6, 6.07) is 6.15. The maximum absolute atomic E-state index is 5.57. The minimum atomic E-state index is 0.207. The van der Waals surface area contributed by atoms with E-state index in [4.69, 9.17) is 20.9 Å². The first kappa shape index (κ1) is 24.6. The largest absolute Gasteiger partial charge is 0.493 e. The van der Waals surface area contributed by atoms with Gasteiger partial charge in [0.25, 0.3) is 0 Å². The summed E-state index contributed by atoms with van der Waals surface area (Å²) in [7, 11) is 1.62. The van der Waals surface area contributed by atoms with Crippen molar-refractivity contribution >= 4 is 5.96 Å². The predicted molar refractivity (Wildman–Crippen MR) is 122 cm³/mol. The summed E-state index contributed by atoms with van der Waals surface area (Å²) in [6.07, 6.45) is 7.57. The third-order valence-corrected chi connectivity index (χ3v) is 4.69. The highest BCUT2D eigenvalue weighted by Crippen LogP contribution is 2.28. The van der Waals surface area contributed by atoms with Crippen LogP contribution in [0.15, 0.2) is 23.2 Å². The molecule has 6 heteroatoms. The van der Waals surface area contributed by atoms with E-state index in [1.54, 1.807) is 7.11 Å². The lowest BCUT2D eigenvalue weighted by molar-refractivity contribution is 0.292. The monoisotopic (exact) mass is 402 g/mol. The normalized spacial score (nSPS) is 12.4. The molecule has 0 spiro atoms. The van der Waals surface area contributed by atoms with E-state index in [0.29, 0.717) is 24.1 Å². The molecule has 1 rings (SSSR count). The van der Waals surface area contributed by atoms with E-state index >= 15 is 0 Å². The molecule has 0 aromatic heterocycles. The summed E-state index contributed by atoms with van der Waals surface area (Å²) in [5.41, 5.74) is 1.03. The van der Waals surface area contributed by atoms with Crippen molar-refractivity contribution in [2.45, 2.75) is 53.1 Å². The van der Waals surface area contributed by atoms with Gasteiger partial charge in [0, 0.05) is 12.6 Å². The first-order chi connectivity index (χ1) is 14.1. The van der Waals surface area contributed by atoms with Crippen molar-refractivity contribution in [1.29, 1.82) is 0 Å². The Hall–Kier alpha value is -2.39. The molecule has 0 amide bonds. The minimum absolute atomic E-state index is 0.207. The van der Waals surface area contributed by atoms with Gasteiger partial charge in [-0.2, -0.15) is 0 Å². The molecule has 1 aromatic rings. The van der Waals surface area contributed by atoms with Crippen molar-refractivity contribution in [2.24, 2.45) is 4.99 Å². The number of guanidine groups is 1. The molecule has 0 saturated carbocycles. The van der Waals surface area contributed by atoms with E-state index in [0.717, 1.165) is 44.1 Å². The lowest BCUT2D eigenvalue weighted by atomic mass is 10.2. The van der Waals surface area contributed by atoms with Gasteiger partial charge < -0.3 is 25.0 Å². The van der Waals surface area contributed by atoms with Gasteiger partial charge in [0.2, 0.25) is 0 Å². The van der Waals surface area contributed by atoms with Gasteiger partial charge in [-0.3, -0.25) is 0 Å². The second kappa shape index (κ2) is 14.6. The summed E-state index contributed by atoms with van der Waals surface area (Å²) in [5, 5.41) is 6.83. The molecule has 6 nitrogen and oxygen atoms in total. The topological polar surface area (TPSA) is 58.1 Å². The van der Waals surface area contributed by atoms with Crippen LogP contribution in [0.4, 0.5) is 0 Å². The van der Waals surface area contributed by atoms with Crippen LogP contribution in [0, 0.1) is 12.3 Å². The number of nitrogens with one attached hydrogen (secondary N) is 2. The van der Waals surface area contributed by atoms with Crippen LogP contribution in [0.25, 0.3) is 0 Å². The third-order valence-electron chi connectivity index (χ3n) is 4.69. The zero-order valence-corrected chi connectivity index (χ0v) is 18.8. The number of nitrogens with zero attached hydrogens (tertiary/aromatic N) is 2. The highest BCUT2D eigenvalue weighted by molar-refractivity contribution is 5.80. The van der Waals surface area contributed by atoms with E-state index in [2.05, 4.69) is 49.1 Å². The summed E-state index contributed by atoms with van der Waals surface area (Å²) >= 11 is 0. The number of benzene rings is 1. The van der Waals surface area contributed by atoms with Crippen molar-refractivity contribution in [3.63, 3.8) is 0 Å². The van der Waals surface area contributed by atoms with E-state index in [9.17, 15) is 0 Å². The molecule has 1 atom stereocenters. The fourth-order valence-corrected chi connectivity index (χ4v) is 3.01. The summed E-state index contributed by atoms with van der Waals surface area (Å²) in [4.78, 5) is 7.18. The van der Waals surface area contributed by atoms with Crippen molar-refractivity contribution in [2.75, 3.05) is 39.9 Å². The summed E-state index contributed by atoms with van der Waals surface area (Å²) in [6.45, 7) is 13.6. The van der Waals surface area contributed by atoms with Gasteiger partial charge in [-0.05, 0) is 64.0 Å². The smallest absolute Gasteiger partial charge is 0.191 e. The van der Waals surface area contributed by atoms with Gasteiger partial charge in [0.15, 0.2) is 17.5 Å². The number of hydrogen-bond donors (Lipinski definition) is 2. The number of aliphatic imine (C=N–C) groups is 1. The second-order valence-electron chi connectivity index (χ2n) is 6.89. The Morgan fingerprint density at radius 1 is 1.24 bits per heavy atom. The SMILES string of the molecule is C#CCOc1cc(CN=C(NCC)NC(C)CCCN(CC)CC)ccc1OC. The fourth-order valence-electron chi connectivity index (χ4n) is 3.01. The molecule has 0 bridgehead atoms. The van der Waals surface area contributed by atoms with Gasteiger partial charge in [0.05, 0.1) is 13.7 Å². The van der Waals surface area contributed by atoms with Gasteiger partial charge in [-0.15, -0.1) is 6.42 Å². The van der Waals surface area contributed by atoms with Crippen LogP contribution in [0.5, 0.6) is 11.5 Å². The molecule has 0 fully saturated rings. The van der Waals surface area contributed by atoms with Crippen LogP contribution in [0.1, 0.15) is 46.1 Å². The highest BCUT2D eigenvalue weighted by Gasteiger charge is 2.08. The summed E-state index contributed by atoms with van der Waals surface area (Å²) in [5.74, 6) is 4.61. The average molecular weight is 403 g/mol. The van der Waals surface area contributed by atoms with Crippen LogP contribution < -0.4 is 20.1 Å². The lowest BCUT2D eigenvalue weighted by Crippen LogP contribution is -2.42. The molecule has 0 aliphatic heterocycles. The Kier molecular flexibility index (Phi) is 12.4. The predicted octanol–water partition coefficient (Wildman–Crippen LogP) is 3.27. The van der Waals surface area contributed by atoms with Crippen LogP contribution in [0.2, 0.25) is 0 Å². The Bertz CT molecular complexity index is 651. The molecule has 162 valence electrons.